The minimum Gasteiger partial charge on any atom is -0.489 e. The number of nitrogens with zero attached hydrogens (tertiary/aromatic N) is 4. The van der Waals surface area contributed by atoms with Crippen LogP contribution in [-0.4, -0.2) is 38.5 Å². The second kappa shape index (κ2) is 7.25. The van der Waals surface area contributed by atoms with E-state index in [0.29, 0.717) is 23.1 Å². The highest BCUT2D eigenvalue weighted by atomic mass is 19.4. The highest BCUT2D eigenvalue weighted by Gasteiger charge is 2.38. The van der Waals surface area contributed by atoms with Gasteiger partial charge in [0.05, 0.1) is 0 Å². The highest BCUT2D eigenvalue weighted by molar-refractivity contribution is 5.61. The zero-order valence-electron chi connectivity index (χ0n) is 14.7. The topological polar surface area (TPSA) is 99.0 Å². The van der Waals surface area contributed by atoms with E-state index in [1.54, 1.807) is 32.9 Å². The molecule has 144 valence electrons. The van der Waals surface area contributed by atoms with Gasteiger partial charge in [-0.05, 0) is 44.0 Å². The van der Waals surface area contributed by atoms with Crippen LogP contribution in [0.15, 0.2) is 16.7 Å². The molecule has 0 aliphatic heterocycles. The summed E-state index contributed by atoms with van der Waals surface area (Å²) >= 11 is 0. The van der Waals surface area contributed by atoms with Crippen LogP contribution in [0.2, 0.25) is 0 Å². The fourth-order valence-electron chi connectivity index (χ4n) is 2.44. The third-order valence-electron chi connectivity index (χ3n) is 3.53. The molecule has 2 aromatic heterocycles. The molecule has 11 heteroatoms. The van der Waals surface area contributed by atoms with Crippen LogP contribution < -0.4 is 9.47 Å². The average molecular weight is 383 g/mol. The molecule has 0 bridgehead atoms. The maximum atomic E-state index is 12.6. The van der Waals surface area contributed by atoms with Gasteiger partial charge in [-0.2, -0.15) is 18.2 Å². The van der Waals surface area contributed by atoms with E-state index in [1.165, 1.54) is 0 Å². The molecule has 0 spiro atoms. The lowest BCUT2D eigenvalue weighted by Crippen LogP contribution is -2.11. The van der Waals surface area contributed by atoms with Crippen LogP contribution in [0, 0.1) is 20.8 Å². The zero-order valence-corrected chi connectivity index (χ0v) is 14.7. The molecule has 0 saturated carbocycles. The molecule has 0 unspecified atom stereocenters. The molecular weight excluding hydrogens is 367 g/mol. The molecule has 2 heterocycles. The van der Waals surface area contributed by atoms with E-state index in [-0.39, 0.29) is 19.0 Å². The lowest BCUT2D eigenvalue weighted by molar-refractivity contribution is -0.159. The van der Waals surface area contributed by atoms with Crippen LogP contribution in [0.4, 0.5) is 13.2 Å². The third kappa shape index (κ3) is 4.36. The standard InChI is InChI=1S/C16H16F3N5O3/c1-8-6-11(13-21-14(27-24-13)16(17,18)19)7-9(2)12(8)25-4-5-26-15-20-10(3)22-23-15/h6-7H,4-5H2,1-3H3,(H,20,22,23). The number of nitrogens with one attached hydrogen (secondary N) is 1. The molecule has 0 aliphatic carbocycles. The maximum absolute atomic E-state index is 12.6. The molecule has 0 amide bonds. The van der Waals surface area contributed by atoms with Crippen molar-refractivity contribution in [3.05, 3.63) is 35.0 Å². The summed E-state index contributed by atoms with van der Waals surface area (Å²) in [5.41, 5.74) is 1.85. The van der Waals surface area contributed by atoms with Crippen LogP contribution in [0.5, 0.6) is 11.8 Å². The molecule has 1 aromatic carbocycles. The molecule has 27 heavy (non-hydrogen) atoms. The van der Waals surface area contributed by atoms with E-state index in [1.807, 2.05) is 0 Å². The lowest BCUT2D eigenvalue weighted by atomic mass is 10.1. The molecular formula is C16H16F3N5O3. The summed E-state index contributed by atoms with van der Waals surface area (Å²) in [7, 11) is 0. The van der Waals surface area contributed by atoms with Gasteiger partial charge in [0, 0.05) is 5.56 Å². The summed E-state index contributed by atoms with van der Waals surface area (Å²) in [4.78, 5) is 6.23. The van der Waals surface area contributed by atoms with Crippen molar-refractivity contribution in [2.45, 2.75) is 26.9 Å². The van der Waals surface area contributed by atoms with Gasteiger partial charge in [-0.15, -0.1) is 5.10 Å². The lowest BCUT2D eigenvalue weighted by Gasteiger charge is -2.13. The molecule has 0 radical (unpaired) electrons. The van der Waals surface area contributed by atoms with Crippen LogP contribution in [-0.2, 0) is 6.18 Å². The Morgan fingerprint density at radius 3 is 2.26 bits per heavy atom. The Morgan fingerprint density at radius 2 is 1.70 bits per heavy atom. The van der Waals surface area contributed by atoms with Gasteiger partial charge in [0.2, 0.25) is 5.82 Å². The maximum Gasteiger partial charge on any atom is 0.471 e. The van der Waals surface area contributed by atoms with Crippen LogP contribution in [0.3, 0.4) is 0 Å². The number of aromatic amines is 1. The van der Waals surface area contributed by atoms with Crippen molar-refractivity contribution in [1.29, 1.82) is 0 Å². The predicted molar refractivity (Wildman–Crippen MR) is 86.3 cm³/mol. The summed E-state index contributed by atoms with van der Waals surface area (Å²) < 4.78 is 53.1. The van der Waals surface area contributed by atoms with Gasteiger partial charge in [-0.25, -0.2) is 0 Å². The number of halogens is 3. The normalized spacial score (nSPS) is 11.6. The fraction of sp³-hybridized carbons (Fsp3) is 0.375. The van der Waals surface area contributed by atoms with Crippen LogP contribution in [0.1, 0.15) is 22.8 Å². The number of hydrogen-bond donors (Lipinski definition) is 1. The van der Waals surface area contributed by atoms with Gasteiger partial charge < -0.3 is 14.0 Å². The molecule has 0 atom stereocenters. The van der Waals surface area contributed by atoms with Gasteiger partial charge in [0.15, 0.2) is 0 Å². The Bertz CT molecular complexity index is 913. The smallest absolute Gasteiger partial charge is 0.471 e. The van der Waals surface area contributed by atoms with Gasteiger partial charge in [-0.1, -0.05) is 10.3 Å². The number of aromatic nitrogens is 5. The Hall–Kier alpha value is -3.11. The molecule has 0 saturated heterocycles. The second-order valence-corrected chi connectivity index (χ2v) is 5.77. The van der Waals surface area contributed by atoms with Crippen molar-refractivity contribution in [2.24, 2.45) is 0 Å². The first kappa shape index (κ1) is 18.7. The summed E-state index contributed by atoms with van der Waals surface area (Å²) in [5, 5.41) is 10.9. The number of hydrogen-bond acceptors (Lipinski definition) is 7. The number of aryl methyl sites for hydroxylation is 3. The number of ether oxygens (including phenoxy) is 2. The number of rotatable bonds is 6. The first-order valence-corrected chi connectivity index (χ1v) is 7.91. The van der Waals surface area contributed by atoms with Crippen molar-refractivity contribution in [3.63, 3.8) is 0 Å². The first-order valence-electron chi connectivity index (χ1n) is 7.91. The van der Waals surface area contributed by atoms with Crippen molar-refractivity contribution in [3.8, 4) is 23.1 Å². The van der Waals surface area contributed by atoms with Gasteiger partial charge in [-0.3, -0.25) is 4.98 Å². The van der Waals surface area contributed by atoms with Crippen molar-refractivity contribution in [2.75, 3.05) is 13.2 Å². The first-order chi connectivity index (χ1) is 12.7. The summed E-state index contributed by atoms with van der Waals surface area (Å²) in [6, 6.07) is 3.57. The SMILES string of the molecule is Cc1nnc(OCCOc2c(C)cc(-c3noc(C(F)(F)F)n3)cc2C)[nH]1. The van der Waals surface area contributed by atoms with Crippen molar-refractivity contribution < 1.29 is 27.2 Å². The van der Waals surface area contributed by atoms with Crippen LogP contribution >= 0.6 is 0 Å². The quantitative estimate of drug-likeness (QED) is 0.652. The Labute approximate surface area is 151 Å². The largest absolute Gasteiger partial charge is 0.489 e. The van der Waals surface area contributed by atoms with Crippen molar-refractivity contribution >= 4 is 0 Å². The van der Waals surface area contributed by atoms with Gasteiger partial charge >= 0.3 is 18.1 Å². The fourth-order valence-corrected chi connectivity index (χ4v) is 2.44. The van der Waals surface area contributed by atoms with Gasteiger partial charge in [0.25, 0.3) is 0 Å². The molecule has 0 fully saturated rings. The van der Waals surface area contributed by atoms with E-state index in [0.717, 1.165) is 11.1 Å². The Morgan fingerprint density at radius 1 is 1.04 bits per heavy atom. The van der Waals surface area contributed by atoms with E-state index in [2.05, 4.69) is 29.8 Å². The Balaban J connectivity index is 1.66. The summed E-state index contributed by atoms with van der Waals surface area (Å²) in [5.74, 6) is -0.268. The minimum atomic E-state index is -4.68. The van der Waals surface area contributed by atoms with E-state index >= 15 is 0 Å². The number of H-pyrrole nitrogens is 1. The number of benzene rings is 1. The monoisotopic (exact) mass is 383 g/mol. The number of alkyl halides is 3. The highest BCUT2D eigenvalue weighted by Crippen LogP contribution is 2.32. The molecule has 1 N–H and O–H groups in total. The minimum absolute atomic E-state index is 0.135. The molecule has 3 rings (SSSR count). The Kier molecular flexibility index (Phi) is 5.02. The molecule has 8 nitrogen and oxygen atoms in total. The predicted octanol–water partition coefficient (Wildman–Crippen LogP) is 3.26. The third-order valence-corrected chi connectivity index (χ3v) is 3.53. The van der Waals surface area contributed by atoms with Gasteiger partial charge in [0.1, 0.15) is 24.8 Å². The van der Waals surface area contributed by atoms with E-state index < -0.39 is 12.1 Å². The average Bonchev–Trinajstić information content (AvgIpc) is 3.22. The molecule has 0 aliphatic rings. The zero-order chi connectivity index (χ0) is 19.6. The molecule has 3 aromatic rings. The summed E-state index contributed by atoms with van der Waals surface area (Å²) in [6.45, 7) is 5.80. The summed E-state index contributed by atoms with van der Waals surface area (Å²) in [6.07, 6.45) is -4.68. The van der Waals surface area contributed by atoms with E-state index in [4.69, 9.17) is 9.47 Å². The second-order valence-electron chi connectivity index (χ2n) is 5.77. The van der Waals surface area contributed by atoms with E-state index in [9.17, 15) is 13.2 Å². The van der Waals surface area contributed by atoms with Crippen LogP contribution in [0.25, 0.3) is 11.4 Å². The van der Waals surface area contributed by atoms with Crippen molar-refractivity contribution in [1.82, 2.24) is 25.3 Å².